The van der Waals surface area contributed by atoms with Crippen LogP contribution in [0.25, 0.3) is 11.4 Å². The summed E-state index contributed by atoms with van der Waals surface area (Å²) >= 11 is 5.22. The van der Waals surface area contributed by atoms with Crippen LogP contribution >= 0.6 is 12.2 Å². The zero-order valence-electron chi connectivity index (χ0n) is 10.3. The second-order valence-electron chi connectivity index (χ2n) is 4.58. The molecule has 1 N–H and O–H groups in total. The summed E-state index contributed by atoms with van der Waals surface area (Å²) < 4.78 is 21.7. The minimum absolute atomic E-state index is 0.134. The van der Waals surface area contributed by atoms with Crippen LogP contribution in [0.2, 0.25) is 0 Å². The van der Waals surface area contributed by atoms with E-state index in [2.05, 4.69) is 10.2 Å². The summed E-state index contributed by atoms with van der Waals surface area (Å²) in [6.45, 7) is 1.39. The molecule has 2 heterocycles. The Morgan fingerprint density at radius 2 is 2.32 bits per heavy atom. The topological polar surface area (TPSA) is 42.8 Å². The number of ether oxygens (including phenoxy) is 1. The molecule has 2 aromatic rings. The second kappa shape index (κ2) is 5.22. The normalized spacial score (nSPS) is 18.9. The van der Waals surface area contributed by atoms with Gasteiger partial charge in [0.2, 0.25) is 0 Å². The van der Waals surface area contributed by atoms with Crippen molar-refractivity contribution in [2.45, 2.75) is 25.5 Å². The highest BCUT2D eigenvalue weighted by molar-refractivity contribution is 7.71. The maximum atomic E-state index is 13.8. The fraction of sp³-hybridized carbons (Fsp3) is 0.385. The van der Waals surface area contributed by atoms with Gasteiger partial charge in [0.1, 0.15) is 5.82 Å². The average molecular weight is 279 g/mol. The van der Waals surface area contributed by atoms with Gasteiger partial charge in [0, 0.05) is 6.61 Å². The maximum Gasteiger partial charge on any atom is 0.195 e. The van der Waals surface area contributed by atoms with Crippen LogP contribution in [0.5, 0.6) is 0 Å². The van der Waals surface area contributed by atoms with Gasteiger partial charge in [-0.25, -0.2) is 4.39 Å². The van der Waals surface area contributed by atoms with E-state index in [4.69, 9.17) is 17.0 Å². The van der Waals surface area contributed by atoms with Gasteiger partial charge in [0.25, 0.3) is 0 Å². The number of nitrogens with zero attached hydrogens (tertiary/aromatic N) is 2. The zero-order chi connectivity index (χ0) is 13.2. The molecule has 19 heavy (non-hydrogen) atoms. The van der Waals surface area contributed by atoms with Gasteiger partial charge in [-0.2, -0.15) is 5.10 Å². The highest BCUT2D eigenvalue weighted by Crippen LogP contribution is 2.22. The molecule has 0 bridgehead atoms. The van der Waals surface area contributed by atoms with E-state index in [1.807, 2.05) is 4.57 Å². The number of H-pyrrole nitrogens is 1. The predicted molar refractivity (Wildman–Crippen MR) is 71.8 cm³/mol. The zero-order valence-corrected chi connectivity index (χ0v) is 11.1. The van der Waals surface area contributed by atoms with Crippen LogP contribution in [-0.2, 0) is 11.3 Å². The standard InChI is InChI=1S/C13H14FN3OS/c14-11-6-2-1-5-10(11)12-15-16-13(19)17(12)8-9-4-3-7-18-9/h1-2,5-6,9H,3-4,7-8H2,(H,16,19)/t9-/m1/s1. The molecule has 0 radical (unpaired) electrons. The molecule has 100 valence electrons. The second-order valence-corrected chi connectivity index (χ2v) is 4.96. The summed E-state index contributed by atoms with van der Waals surface area (Å²) in [6, 6.07) is 6.56. The molecule has 1 atom stereocenters. The van der Waals surface area contributed by atoms with Crippen LogP contribution in [0, 0.1) is 10.6 Å². The maximum absolute atomic E-state index is 13.8. The number of halogens is 1. The molecule has 0 unspecified atom stereocenters. The Kier molecular flexibility index (Phi) is 3.44. The lowest BCUT2D eigenvalue weighted by atomic mass is 10.2. The van der Waals surface area contributed by atoms with Crippen molar-refractivity contribution in [2.75, 3.05) is 6.61 Å². The van der Waals surface area contributed by atoms with E-state index in [0.717, 1.165) is 19.4 Å². The third-order valence-electron chi connectivity index (χ3n) is 3.28. The lowest BCUT2D eigenvalue weighted by molar-refractivity contribution is 0.0969. The molecule has 1 aliphatic rings. The molecule has 6 heteroatoms. The van der Waals surface area contributed by atoms with Gasteiger partial charge in [0.15, 0.2) is 10.6 Å². The van der Waals surface area contributed by atoms with Crippen molar-refractivity contribution in [1.29, 1.82) is 0 Å². The minimum Gasteiger partial charge on any atom is -0.376 e. The molecule has 1 saturated heterocycles. The first-order valence-electron chi connectivity index (χ1n) is 6.27. The third kappa shape index (κ3) is 2.46. The minimum atomic E-state index is -0.301. The molecule has 0 saturated carbocycles. The summed E-state index contributed by atoms with van der Waals surface area (Å²) in [7, 11) is 0. The first kappa shape index (κ1) is 12.5. The van der Waals surface area contributed by atoms with Crippen LogP contribution < -0.4 is 0 Å². The van der Waals surface area contributed by atoms with Crippen molar-refractivity contribution in [3.63, 3.8) is 0 Å². The Balaban J connectivity index is 1.98. The molecular formula is C13H14FN3OS. The predicted octanol–water partition coefficient (Wildman–Crippen LogP) is 2.93. The van der Waals surface area contributed by atoms with Crippen LogP contribution in [0.4, 0.5) is 4.39 Å². The first-order chi connectivity index (χ1) is 9.25. The molecule has 0 spiro atoms. The number of aromatic nitrogens is 3. The van der Waals surface area contributed by atoms with E-state index < -0.39 is 0 Å². The summed E-state index contributed by atoms with van der Waals surface area (Å²) in [5, 5.41) is 6.87. The first-order valence-corrected chi connectivity index (χ1v) is 6.68. The average Bonchev–Trinajstić information content (AvgIpc) is 3.03. The Morgan fingerprint density at radius 1 is 1.47 bits per heavy atom. The number of rotatable bonds is 3. The van der Waals surface area contributed by atoms with E-state index in [-0.39, 0.29) is 11.9 Å². The van der Waals surface area contributed by atoms with Gasteiger partial charge < -0.3 is 4.74 Å². The Hall–Kier alpha value is -1.53. The van der Waals surface area contributed by atoms with Crippen molar-refractivity contribution in [2.24, 2.45) is 0 Å². The van der Waals surface area contributed by atoms with Crippen molar-refractivity contribution < 1.29 is 9.13 Å². The van der Waals surface area contributed by atoms with Gasteiger partial charge in [0.05, 0.1) is 18.2 Å². The molecule has 1 aromatic carbocycles. The Bertz CT molecular complexity index is 631. The van der Waals surface area contributed by atoms with Crippen LogP contribution in [0.3, 0.4) is 0 Å². The summed E-state index contributed by atoms with van der Waals surface area (Å²) in [4.78, 5) is 0. The van der Waals surface area contributed by atoms with Crippen molar-refractivity contribution in [3.05, 3.63) is 34.9 Å². The number of aromatic amines is 1. The van der Waals surface area contributed by atoms with Crippen LogP contribution in [0.1, 0.15) is 12.8 Å². The van der Waals surface area contributed by atoms with Gasteiger partial charge in [-0.15, -0.1) is 0 Å². The van der Waals surface area contributed by atoms with Gasteiger partial charge in [-0.1, -0.05) is 12.1 Å². The lowest BCUT2D eigenvalue weighted by Gasteiger charge is -2.12. The van der Waals surface area contributed by atoms with Crippen molar-refractivity contribution >= 4 is 12.2 Å². The molecule has 0 aliphatic carbocycles. The quantitative estimate of drug-likeness (QED) is 0.878. The fourth-order valence-corrected chi connectivity index (χ4v) is 2.53. The molecule has 1 aliphatic heterocycles. The third-order valence-corrected chi connectivity index (χ3v) is 3.59. The molecule has 4 nitrogen and oxygen atoms in total. The van der Waals surface area contributed by atoms with Crippen molar-refractivity contribution in [3.8, 4) is 11.4 Å². The lowest BCUT2D eigenvalue weighted by Crippen LogP contribution is -2.16. The SMILES string of the molecule is Fc1ccccc1-c1n[nH]c(=S)n1C[C@H]1CCCO1. The van der Waals surface area contributed by atoms with E-state index >= 15 is 0 Å². The van der Waals surface area contributed by atoms with E-state index in [9.17, 15) is 4.39 Å². The van der Waals surface area contributed by atoms with Gasteiger partial charge >= 0.3 is 0 Å². The largest absolute Gasteiger partial charge is 0.376 e. The number of hydrogen-bond acceptors (Lipinski definition) is 3. The van der Waals surface area contributed by atoms with Gasteiger partial charge in [-0.3, -0.25) is 9.67 Å². The Labute approximate surface area is 115 Å². The fourth-order valence-electron chi connectivity index (χ4n) is 2.33. The van der Waals surface area contributed by atoms with Crippen LogP contribution in [-0.4, -0.2) is 27.5 Å². The number of benzene rings is 1. The number of nitrogens with one attached hydrogen (secondary N) is 1. The summed E-state index contributed by atoms with van der Waals surface area (Å²) in [6.07, 6.45) is 2.20. The molecular weight excluding hydrogens is 265 g/mol. The molecule has 1 aromatic heterocycles. The highest BCUT2D eigenvalue weighted by atomic mass is 32.1. The van der Waals surface area contributed by atoms with E-state index in [1.54, 1.807) is 18.2 Å². The van der Waals surface area contributed by atoms with E-state index in [0.29, 0.717) is 22.7 Å². The summed E-state index contributed by atoms with van der Waals surface area (Å²) in [5.41, 5.74) is 0.452. The highest BCUT2D eigenvalue weighted by Gasteiger charge is 2.20. The Morgan fingerprint density at radius 3 is 3.05 bits per heavy atom. The molecule has 0 amide bonds. The summed E-state index contributed by atoms with van der Waals surface area (Å²) in [5.74, 6) is 0.226. The van der Waals surface area contributed by atoms with E-state index in [1.165, 1.54) is 6.07 Å². The molecule has 1 fully saturated rings. The number of hydrogen-bond donors (Lipinski definition) is 1. The monoisotopic (exact) mass is 279 g/mol. The van der Waals surface area contributed by atoms with Crippen molar-refractivity contribution in [1.82, 2.24) is 14.8 Å². The van der Waals surface area contributed by atoms with Gasteiger partial charge in [-0.05, 0) is 37.2 Å². The smallest absolute Gasteiger partial charge is 0.195 e. The van der Waals surface area contributed by atoms with Crippen LogP contribution in [0.15, 0.2) is 24.3 Å². The molecule has 3 rings (SSSR count).